The fraction of sp³-hybridized carbons (Fsp3) is 0.276. The number of guanidine groups is 1. The third kappa shape index (κ3) is 13.1. The van der Waals surface area contributed by atoms with Crippen LogP contribution >= 0.6 is 0 Å². The van der Waals surface area contributed by atoms with E-state index in [0.717, 1.165) is 30.6 Å². The molecule has 204 valence electrons. The number of aryl methyl sites for hydroxylation is 1. The highest BCUT2D eigenvalue weighted by Crippen LogP contribution is 2.27. The minimum atomic E-state index is -0.405. The van der Waals surface area contributed by atoms with E-state index in [2.05, 4.69) is 16.4 Å². The Morgan fingerprint density at radius 1 is 0.842 bits per heavy atom. The molecule has 3 aromatic carbocycles. The van der Waals surface area contributed by atoms with E-state index in [1.807, 2.05) is 55.6 Å². The Morgan fingerprint density at radius 2 is 1.53 bits per heavy atom. The van der Waals surface area contributed by atoms with E-state index >= 15 is 0 Å². The van der Waals surface area contributed by atoms with Gasteiger partial charge in [0.25, 0.3) is 5.91 Å². The average molecular weight is 523 g/mol. The molecule has 38 heavy (non-hydrogen) atoms. The van der Waals surface area contributed by atoms with E-state index in [9.17, 15) is 9.59 Å². The number of carbonyl (C=O) groups excluding carboxylic acids is 2. The van der Waals surface area contributed by atoms with Gasteiger partial charge in [-0.2, -0.15) is 4.99 Å². The Labute approximate surface area is 224 Å². The number of hydrogen-bond donors (Lipinski definition) is 3. The molecule has 0 fully saturated rings. The highest BCUT2D eigenvalue weighted by atomic mass is 16.5. The van der Waals surface area contributed by atoms with Crippen LogP contribution in [0.3, 0.4) is 0 Å². The second-order valence-corrected chi connectivity index (χ2v) is 7.87. The molecular formula is C29H38N4O5. The van der Waals surface area contributed by atoms with Crippen LogP contribution < -0.4 is 31.0 Å². The first-order chi connectivity index (χ1) is 18.4. The molecule has 1 amide bonds. The number of aldehydes is 1. The Balaban J connectivity index is 0.000000299. The SMILES string of the molecule is CNCc1cccc(OC)c1.COc1ccc(CC(=O)N=C(N)N)cc1OC.O=CCCc1ccccc1. The van der Waals surface area contributed by atoms with Crippen LogP contribution in [0.1, 0.15) is 23.1 Å². The molecule has 0 radical (unpaired) electrons. The predicted molar refractivity (Wildman–Crippen MR) is 151 cm³/mol. The molecule has 0 aliphatic carbocycles. The standard InChI is InChI=1S/C11H15N3O3.C9H13NO.C9H10O/c1-16-8-4-3-7(5-9(8)17-2)6-10(15)14-11(12)13;1-10-7-8-4-3-5-9(6-8)11-2;10-8-4-7-9-5-2-1-3-6-9/h3-5H,6H2,1-2H3,(H4,12,13,14,15);3-6,10H,7H2,1-2H3;1-3,5-6,8H,4,7H2. The molecule has 0 aliphatic rings. The van der Waals surface area contributed by atoms with Crippen molar-refractivity contribution >= 4 is 18.2 Å². The van der Waals surface area contributed by atoms with Crippen molar-refractivity contribution in [3.8, 4) is 17.2 Å². The molecule has 0 unspecified atom stereocenters. The third-order valence-electron chi connectivity index (χ3n) is 4.97. The highest BCUT2D eigenvalue weighted by molar-refractivity contribution is 5.92. The van der Waals surface area contributed by atoms with E-state index in [1.54, 1.807) is 32.4 Å². The van der Waals surface area contributed by atoms with Gasteiger partial charge in [-0.25, -0.2) is 0 Å². The first kappa shape index (κ1) is 31.7. The fourth-order valence-corrected chi connectivity index (χ4v) is 3.21. The Morgan fingerprint density at radius 3 is 2.11 bits per heavy atom. The summed E-state index contributed by atoms with van der Waals surface area (Å²) in [5.41, 5.74) is 13.4. The van der Waals surface area contributed by atoms with Crippen LogP contribution in [0.5, 0.6) is 17.2 Å². The third-order valence-corrected chi connectivity index (χ3v) is 4.97. The maximum atomic E-state index is 11.4. The Kier molecular flexibility index (Phi) is 15.7. The van der Waals surface area contributed by atoms with Crippen LogP contribution in [0.2, 0.25) is 0 Å². The lowest BCUT2D eigenvalue weighted by molar-refractivity contribution is -0.117. The Hall–Kier alpha value is -4.37. The zero-order valence-electron chi connectivity index (χ0n) is 22.5. The van der Waals surface area contributed by atoms with Crippen molar-refractivity contribution in [1.29, 1.82) is 0 Å². The van der Waals surface area contributed by atoms with Gasteiger partial charge in [0.2, 0.25) is 0 Å². The summed E-state index contributed by atoms with van der Waals surface area (Å²) in [6.07, 6.45) is 2.56. The van der Waals surface area contributed by atoms with Gasteiger partial charge in [0.1, 0.15) is 12.0 Å². The van der Waals surface area contributed by atoms with Gasteiger partial charge in [-0.15, -0.1) is 0 Å². The van der Waals surface area contributed by atoms with Crippen molar-refractivity contribution < 1.29 is 23.8 Å². The maximum Gasteiger partial charge on any atom is 0.253 e. The summed E-state index contributed by atoms with van der Waals surface area (Å²) in [4.78, 5) is 24.8. The Bertz CT molecular complexity index is 1130. The molecule has 0 heterocycles. The van der Waals surface area contributed by atoms with Gasteiger partial charge in [0.15, 0.2) is 17.5 Å². The summed E-state index contributed by atoms with van der Waals surface area (Å²) in [7, 11) is 6.68. The first-order valence-electron chi connectivity index (χ1n) is 11.9. The van der Waals surface area contributed by atoms with Gasteiger partial charge >= 0.3 is 0 Å². The number of aliphatic imine (C=N–C) groups is 1. The van der Waals surface area contributed by atoms with Gasteiger partial charge in [0.05, 0.1) is 27.8 Å². The highest BCUT2D eigenvalue weighted by Gasteiger charge is 2.07. The summed E-state index contributed by atoms with van der Waals surface area (Å²) in [5.74, 6) is 1.43. The molecule has 0 aromatic heterocycles. The summed E-state index contributed by atoms with van der Waals surface area (Å²) in [6, 6.07) is 23.2. The number of methoxy groups -OCH3 is 3. The number of nitrogens with one attached hydrogen (secondary N) is 1. The van der Waals surface area contributed by atoms with Crippen LogP contribution in [0, 0.1) is 0 Å². The van der Waals surface area contributed by atoms with Gasteiger partial charge in [-0.05, 0) is 54.4 Å². The number of carbonyl (C=O) groups is 2. The lowest BCUT2D eigenvalue weighted by Gasteiger charge is -2.08. The minimum absolute atomic E-state index is 0.109. The molecule has 3 aromatic rings. The second kappa shape index (κ2) is 18.8. The summed E-state index contributed by atoms with van der Waals surface area (Å²) < 4.78 is 15.3. The quantitative estimate of drug-likeness (QED) is 0.210. The van der Waals surface area contributed by atoms with Crippen molar-refractivity contribution in [2.24, 2.45) is 16.5 Å². The summed E-state index contributed by atoms with van der Waals surface area (Å²) >= 11 is 0. The number of ether oxygens (including phenoxy) is 3. The largest absolute Gasteiger partial charge is 0.497 e. The normalized spacial score (nSPS) is 9.47. The number of benzene rings is 3. The fourth-order valence-electron chi connectivity index (χ4n) is 3.21. The van der Waals surface area contributed by atoms with Crippen LogP contribution in [0.4, 0.5) is 0 Å². The van der Waals surface area contributed by atoms with Crippen LogP contribution in [0.15, 0.2) is 77.8 Å². The van der Waals surface area contributed by atoms with Crippen molar-refractivity contribution in [2.75, 3.05) is 28.4 Å². The molecule has 0 atom stereocenters. The topological polar surface area (TPSA) is 138 Å². The molecule has 0 spiro atoms. The molecule has 0 aliphatic heterocycles. The van der Waals surface area contributed by atoms with E-state index in [-0.39, 0.29) is 12.4 Å². The van der Waals surface area contributed by atoms with Gasteiger partial charge < -0.3 is 35.8 Å². The van der Waals surface area contributed by atoms with E-state index < -0.39 is 5.91 Å². The van der Waals surface area contributed by atoms with Crippen LogP contribution in [-0.4, -0.2) is 46.5 Å². The maximum absolute atomic E-state index is 11.4. The monoisotopic (exact) mass is 522 g/mol. The smallest absolute Gasteiger partial charge is 0.253 e. The van der Waals surface area contributed by atoms with Crippen LogP contribution in [0.25, 0.3) is 0 Å². The van der Waals surface area contributed by atoms with Crippen LogP contribution in [-0.2, 0) is 29.0 Å². The number of nitrogens with two attached hydrogens (primary N) is 2. The van der Waals surface area contributed by atoms with E-state index in [1.165, 1.54) is 18.2 Å². The molecule has 9 nitrogen and oxygen atoms in total. The van der Waals surface area contributed by atoms with Crippen molar-refractivity contribution in [3.63, 3.8) is 0 Å². The first-order valence-corrected chi connectivity index (χ1v) is 11.9. The number of hydrogen-bond acceptors (Lipinski definition) is 6. The second-order valence-electron chi connectivity index (χ2n) is 7.87. The molecule has 5 N–H and O–H groups in total. The number of rotatable bonds is 10. The van der Waals surface area contributed by atoms with Gasteiger partial charge in [0, 0.05) is 13.0 Å². The lowest BCUT2D eigenvalue weighted by atomic mass is 10.1. The zero-order chi connectivity index (χ0) is 28.2. The average Bonchev–Trinajstić information content (AvgIpc) is 2.93. The van der Waals surface area contributed by atoms with Crippen molar-refractivity contribution in [3.05, 3.63) is 89.5 Å². The lowest BCUT2D eigenvalue weighted by Crippen LogP contribution is -2.24. The van der Waals surface area contributed by atoms with Gasteiger partial charge in [-0.1, -0.05) is 48.5 Å². The number of amides is 1. The zero-order valence-corrected chi connectivity index (χ0v) is 22.5. The summed E-state index contributed by atoms with van der Waals surface area (Å²) in [6.45, 7) is 0.886. The van der Waals surface area contributed by atoms with Crippen molar-refractivity contribution in [2.45, 2.75) is 25.8 Å². The molecule has 0 saturated carbocycles. The van der Waals surface area contributed by atoms with Gasteiger partial charge in [-0.3, -0.25) is 4.79 Å². The minimum Gasteiger partial charge on any atom is -0.497 e. The molecule has 3 rings (SSSR count). The van der Waals surface area contributed by atoms with E-state index in [0.29, 0.717) is 17.9 Å². The summed E-state index contributed by atoms with van der Waals surface area (Å²) in [5, 5.41) is 3.08. The van der Waals surface area contributed by atoms with E-state index in [4.69, 9.17) is 25.7 Å². The molecule has 0 bridgehead atoms. The number of nitrogens with zero attached hydrogens (tertiary/aromatic N) is 1. The molecular weight excluding hydrogens is 484 g/mol. The predicted octanol–water partition coefficient (Wildman–Crippen LogP) is 3.28. The molecule has 0 saturated heterocycles. The van der Waals surface area contributed by atoms with Crippen molar-refractivity contribution in [1.82, 2.24) is 5.32 Å². The molecule has 9 heteroatoms.